The molecule has 21 heavy (non-hydrogen) atoms. The van der Waals surface area contributed by atoms with E-state index in [1.165, 1.54) is 11.3 Å². The fraction of sp³-hybridized carbons (Fsp3) is 0.231. The molecule has 2 rings (SSSR count). The number of nitrogens with one attached hydrogen (secondary N) is 1. The summed E-state index contributed by atoms with van der Waals surface area (Å²) in [6.45, 7) is 0.941. The Morgan fingerprint density at radius 3 is 2.57 bits per heavy atom. The highest BCUT2D eigenvalue weighted by atomic mass is 32.2. The normalized spacial score (nSPS) is 11.8. The lowest BCUT2D eigenvalue weighted by Gasteiger charge is -2.10. The van der Waals surface area contributed by atoms with E-state index in [2.05, 4.69) is 4.72 Å². The average Bonchev–Trinajstić information content (AvgIpc) is 2.82. The Balaban J connectivity index is 2.30. The van der Waals surface area contributed by atoms with Crippen LogP contribution in [0.5, 0.6) is 0 Å². The summed E-state index contributed by atoms with van der Waals surface area (Å²) in [7, 11) is -4.13. The molecule has 8 heteroatoms. The molecule has 0 atom stereocenters. The first-order valence-corrected chi connectivity index (χ1v) is 8.38. The number of aliphatic hydroxyl groups excluding tert-OH is 1. The molecule has 0 radical (unpaired) electrons. The highest BCUT2D eigenvalue weighted by molar-refractivity contribution is 7.89. The van der Waals surface area contributed by atoms with E-state index in [-0.39, 0.29) is 6.54 Å². The number of hydrogen-bond acceptors (Lipinski definition) is 4. The van der Waals surface area contributed by atoms with E-state index in [9.17, 15) is 17.2 Å². The highest BCUT2D eigenvalue weighted by Crippen LogP contribution is 2.22. The van der Waals surface area contributed by atoms with Crippen molar-refractivity contribution >= 4 is 21.4 Å². The number of aryl methyl sites for hydroxylation is 1. The van der Waals surface area contributed by atoms with Crippen molar-refractivity contribution in [2.75, 3.05) is 0 Å². The maximum Gasteiger partial charge on any atom is 0.243 e. The predicted molar refractivity (Wildman–Crippen MR) is 75.4 cm³/mol. The van der Waals surface area contributed by atoms with Gasteiger partial charge in [-0.15, -0.1) is 0 Å². The molecule has 1 heterocycles. The van der Waals surface area contributed by atoms with Gasteiger partial charge in [0.05, 0.1) is 12.2 Å². The van der Waals surface area contributed by atoms with Crippen LogP contribution < -0.4 is 4.72 Å². The zero-order chi connectivity index (χ0) is 15.6. The van der Waals surface area contributed by atoms with Crippen LogP contribution in [0.15, 0.2) is 27.8 Å². The first kappa shape index (κ1) is 16.0. The van der Waals surface area contributed by atoms with Gasteiger partial charge in [-0.05, 0) is 40.9 Å². The van der Waals surface area contributed by atoms with E-state index in [1.54, 1.807) is 5.38 Å². The number of aliphatic hydroxyl groups is 1. The molecule has 114 valence electrons. The molecule has 0 saturated heterocycles. The van der Waals surface area contributed by atoms with Crippen molar-refractivity contribution in [1.82, 2.24) is 4.72 Å². The van der Waals surface area contributed by atoms with E-state index in [4.69, 9.17) is 5.11 Å². The lowest BCUT2D eigenvalue weighted by atomic mass is 10.2. The van der Waals surface area contributed by atoms with Crippen LogP contribution in [0, 0.1) is 18.6 Å². The third-order valence-corrected chi connectivity index (χ3v) is 5.34. The van der Waals surface area contributed by atoms with Crippen LogP contribution in [0.4, 0.5) is 8.78 Å². The van der Waals surface area contributed by atoms with Crippen molar-refractivity contribution in [3.63, 3.8) is 0 Å². The Bertz CT molecular complexity index is 757. The summed E-state index contributed by atoms with van der Waals surface area (Å²) in [5, 5.41) is 12.6. The summed E-state index contributed by atoms with van der Waals surface area (Å²) in [6.07, 6.45) is 0. The Morgan fingerprint density at radius 1 is 1.29 bits per heavy atom. The summed E-state index contributed by atoms with van der Waals surface area (Å²) >= 11 is 1.43. The zero-order valence-electron chi connectivity index (χ0n) is 11.1. The van der Waals surface area contributed by atoms with Crippen LogP contribution >= 0.6 is 11.3 Å². The zero-order valence-corrected chi connectivity index (χ0v) is 12.7. The van der Waals surface area contributed by atoms with Gasteiger partial charge in [-0.3, -0.25) is 0 Å². The maximum absolute atomic E-state index is 14.0. The largest absolute Gasteiger partial charge is 0.391 e. The lowest BCUT2D eigenvalue weighted by molar-refractivity contribution is 0.267. The van der Waals surface area contributed by atoms with Gasteiger partial charge in [-0.25, -0.2) is 21.9 Å². The van der Waals surface area contributed by atoms with Gasteiger partial charge in [-0.2, -0.15) is 11.3 Å². The van der Waals surface area contributed by atoms with Crippen LogP contribution in [0.3, 0.4) is 0 Å². The Kier molecular flexibility index (Phi) is 4.72. The molecule has 2 N–H and O–H groups in total. The van der Waals surface area contributed by atoms with Gasteiger partial charge in [0.1, 0.15) is 10.7 Å². The number of sulfonamides is 1. The van der Waals surface area contributed by atoms with Crippen molar-refractivity contribution in [3.05, 3.63) is 51.2 Å². The average molecular weight is 333 g/mol. The summed E-state index contributed by atoms with van der Waals surface area (Å²) in [5.74, 6) is -2.25. The van der Waals surface area contributed by atoms with E-state index < -0.39 is 38.7 Å². The highest BCUT2D eigenvalue weighted by Gasteiger charge is 2.23. The molecule has 0 unspecified atom stereocenters. The van der Waals surface area contributed by atoms with E-state index >= 15 is 0 Å². The van der Waals surface area contributed by atoms with Crippen LogP contribution in [0.2, 0.25) is 0 Å². The lowest BCUT2D eigenvalue weighted by Crippen LogP contribution is -2.25. The number of halogens is 2. The fourth-order valence-corrected chi connectivity index (χ4v) is 3.71. The van der Waals surface area contributed by atoms with Crippen LogP contribution in [-0.4, -0.2) is 13.5 Å². The van der Waals surface area contributed by atoms with Gasteiger partial charge in [0.15, 0.2) is 5.82 Å². The second-order valence-electron chi connectivity index (χ2n) is 4.40. The van der Waals surface area contributed by atoms with Gasteiger partial charge in [-0.1, -0.05) is 0 Å². The predicted octanol–water partition coefficient (Wildman–Crippen LogP) is 2.31. The number of benzene rings is 1. The fourth-order valence-electron chi connectivity index (χ4n) is 1.75. The Labute approximate surface area is 125 Å². The molecule has 0 bridgehead atoms. The Hall–Kier alpha value is -1.35. The van der Waals surface area contributed by atoms with Crippen LogP contribution in [0.1, 0.15) is 16.7 Å². The molecule has 4 nitrogen and oxygen atoms in total. The monoisotopic (exact) mass is 333 g/mol. The topological polar surface area (TPSA) is 66.4 Å². The van der Waals surface area contributed by atoms with E-state index in [0.29, 0.717) is 0 Å². The van der Waals surface area contributed by atoms with Gasteiger partial charge in [0, 0.05) is 6.54 Å². The second-order valence-corrected chi connectivity index (χ2v) is 6.88. The molecular formula is C13H13F2NO3S2. The van der Waals surface area contributed by atoms with Crippen molar-refractivity contribution < 1.29 is 22.3 Å². The first-order chi connectivity index (χ1) is 9.86. The molecule has 0 aliphatic carbocycles. The quantitative estimate of drug-likeness (QED) is 0.882. The van der Waals surface area contributed by atoms with Crippen molar-refractivity contribution in [2.24, 2.45) is 0 Å². The van der Waals surface area contributed by atoms with Crippen molar-refractivity contribution in [2.45, 2.75) is 25.0 Å². The number of rotatable bonds is 5. The summed E-state index contributed by atoms with van der Waals surface area (Å²) in [4.78, 5) is -0.680. The first-order valence-electron chi connectivity index (χ1n) is 5.96. The summed E-state index contributed by atoms with van der Waals surface area (Å²) in [5.41, 5.74) is 1.05. The minimum absolute atomic E-state index is 0.0168. The third kappa shape index (κ3) is 3.29. The second kappa shape index (κ2) is 6.18. The van der Waals surface area contributed by atoms with Gasteiger partial charge < -0.3 is 5.11 Å². The molecule has 2 aromatic rings. The summed E-state index contributed by atoms with van der Waals surface area (Å²) < 4.78 is 53.7. The number of thiophene rings is 1. The smallest absolute Gasteiger partial charge is 0.243 e. The molecule has 1 aromatic carbocycles. The molecule has 0 aliphatic heterocycles. The molecule has 0 saturated carbocycles. The maximum atomic E-state index is 14.0. The van der Waals surface area contributed by atoms with Gasteiger partial charge >= 0.3 is 0 Å². The molecule has 0 amide bonds. The van der Waals surface area contributed by atoms with Crippen LogP contribution in [-0.2, 0) is 23.2 Å². The summed E-state index contributed by atoms with van der Waals surface area (Å²) in [6, 6.07) is 1.66. The minimum Gasteiger partial charge on any atom is -0.391 e. The van der Waals surface area contributed by atoms with E-state index in [0.717, 1.165) is 23.3 Å². The Morgan fingerprint density at radius 2 is 2.00 bits per heavy atom. The van der Waals surface area contributed by atoms with Crippen molar-refractivity contribution in [1.29, 1.82) is 0 Å². The van der Waals surface area contributed by atoms with E-state index in [1.807, 2.05) is 12.3 Å². The molecule has 1 aromatic heterocycles. The SMILES string of the molecule is Cc1cscc1CNS(=O)(=O)c1ccc(F)c(CO)c1F. The van der Waals surface area contributed by atoms with Gasteiger partial charge in [0.2, 0.25) is 10.0 Å². The number of hydrogen-bond donors (Lipinski definition) is 2. The van der Waals surface area contributed by atoms with Crippen molar-refractivity contribution in [3.8, 4) is 0 Å². The van der Waals surface area contributed by atoms with Gasteiger partial charge in [0.25, 0.3) is 0 Å². The molecular weight excluding hydrogens is 320 g/mol. The minimum atomic E-state index is -4.13. The third-order valence-electron chi connectivity index (χ3n) is 3.01. The molecule has 0 spiro atoms. The van der Waals surface area contributed by atoms with Crippen LogP contribution in [0.25, 0.3) is 0 Å². The molecule has 0 aliphatic rings. The molecule has 0 fully saturated rings. The standard InChI is InChI=1S/C13H13F2NO3S2/c1-8-6-20-7-9(8)4-16-21(18,19)12-3-2-11(14)10(5-17)13(12)15/h2-3,6-7,16-17H,4-5H2,1H3.